The third-order valence-corrected chi connectivity index (χ3v) is 2.49. The molecule has 1 atom stereocenters. The van der Waals surface area contributed by atoms with Crippen molar-refractivity contribution < 1.29 is 18.3 Å². The van der Waals surface area contributed by atoms with Crippen LogP contribution in [0.3, 0.4) is 0 Å². The Bertz CT molecular complexity index is 368. The summed E-state index contributed by atoms with van der Waals surface area (Å²) in [5.41, 5.74) is 5.24. The molecule has 0 heterocycles. The van der Waals surface area contributed by atoms with E-state index in [0.29, 0.717) is 5.56 Å². The molecule has 2 nitrogen and oxygen atoms in total. The summed E-state index contributed by atoms with van der Waals surface area (Å²) in [6.45, 7) is -0.140. The lowest BCUT2D eigenvalue weighted by molar-refractivity contribution is -0.137. The highest BCUT2D eigenvalue weighted by Gasteiger charge is 2.31. The van der Waals surface area contributed by atoms with Crippen LogP contribution in [0.2, 0.25) is 5.02 Å². The first-order valence-corrected chi connectivity index (χ1v) is 4.97. The van der Waals surface area contributed by atoms with Gasteiger partial charge in [-0.3, -0.25) is 0 Å². The van der Waals surface area contributed by atoms with Gasteiger partial charge in [-0.25, -0.2) is 0 Å². The fourth-order valence-corrected chi connectivity index (χ4v) is 1.62. The first kappa shape index (κ1) is 13.3. The van der Waals surface area contributed by atoms with E-state index in [2.05, 4.69) is 0 Å². The summed E-state index contributed by atoms with van der Waals surface area (Å²) in [7, 11) is 0. The lowest BCUT2D eigenvalue weighted by Crippen LogP contribution is -2.13. The van der Waals surface area contributed by atoms with E-state index in [-0.39, 0.29) is 18.1 Å². The summed E-state index contributed by atoms with van der Waals surface area (Å²) in [6.07, 6.45) is -4.16. The van der Waals surface area contributed by atoms with Crippen LogP contribution < -0.4 is 5.73 Å². The van der Waals surface area contributed by atoms with Crippen molar-refractivity contribution in [2.45, 2.75) is 18.6 Å². The zero-order chi connectivity index (χ0) is 12.3. The number of halogens is 4. The van der Waals surface area contributed by atoms with Crippen LogP contribution in [0, 0.1) is 0 Å². The molecule has 0 aromatic heterocycles. The van der Waals surface area contributed by atoms with E-state index in [0.717, 1.165) is 12.1 Å². The molecule has 0 saturated carbocycles. The molecule has 0 aliphatic rings. The Morgan fingerprint density at radius 3 is 2.44 bits per heavy atom. The smallest absolute Gasteiger partial charge is 0.396 e. The van der Waals surface area contributed by atoms with E-state index in [1.54, 1.807) is 0 Å². The maximum atomic E-state index is 12.3. The summed E-state index contributed by atoms with van der Waals surface area (Å²) in [5.74, 6) is 0. The first-order valence-electron chi connectivity index (χ1n) is 4.59. The summed E-state index contributed by atoms with van der Waals surface area (Å²) in [6, 6.07) is 2.46. The summed E-state index contributed by atoms with van der Waals surface area (Å²) < 4.78 is 37.0. The molecule has 0 aliphatic heterocycles. The predicted molar refractivity (Wildman–Crippen MR) is 55.1 cm³/mol. The van der Waals surface area contributed by atoms with Crippen LogP contribution in [0.5, 0.6) is 0 Å². The van der Waals surface area contributed by atoms with E-state index in [1.165, 1.54) is 6.07 Å². The topological polar surface area (TPSA) is 46.2 Å². The Hall–Kier alpha value is -0.780. The molecule has 1 aromatic rings. The molecule has 0 fully saturated rings. The molecule has 0 aliphatic carbocycles. The van der Waals surface area contributed by atoms with Crippen molar-refractivity contribution in [2.75, 3.05) is 6.61 Å². The van der Waals surface area contributed by atoms with Crippen LogP contribution in [-0.2, 0) is 6.18 Å². The van der Waals surface area contributed by atoms with Crippen molar-refractivity contribution >= 4 is 11.6 Å². The van der Waals surface area contributed by atoms with Crippen molar-refractivity contribution in [2.24, 2.45) is 5.73 Å². The van der Waals surface area contributed by atoms with Gasteiger partial charge in [-0.15, -0.1) is 0 Å². The predicted octanol–water partition coefficient (Wildman–Crippen LogP) is 2.74. The molecule has 1 rings (SSSR count). The second kappa shape index (κ2) is 5.03. The number of nitrogens with two attached hydrogens (primary N) is 1. The summed E-state index contributed by atoms with van der Waals surface area (Å²) >= 11 is 5.70. The second-order valence-electron chi connectivity index (χ2n) is 3.35. The van der Waals surface area contributed by atoms with Crippen LogP contribution >= 0.6 is 11.6 Å². The van der Waals surface area contributed by atoms with Crippen LogP contribution in [0.25, 0.3) is 0 Å². The van der Waals surface area contributed by atoms with Crippen LogP contribution in [0.4, 0.5) is 13.2 Å². The minimum absolute atomic E-state index is 0.0317. The minimum atomic E-state index is -4.41. The fraction of sp³-hybridized carbons (Fsp3) is 0.400. The number of rotatable bonds is 3. The molecule has 0 unspecified atom stereocenters. The molecular weight excluding hydrogens is 243 g/mol. The number of aliphatic hydroxyl groups is 1. The molecule has 0 bridgehead atoms. The number of aliphatic hydroxyl groups excluding tert-OH is 1. The van der Waals surface area contributed by atoms with Crippen molar-refractivity contribution in [3.8, 4) is 0 Å². The molecule has 1 aromatic carbocycles. The van der Waals surface area contributed by atoms with Gasteiger partial charge >= 0.3 is 6.18 Å². The third kappa shape index (κ3) is 3.10. The first-order chi connectivity index (χ1) is 7.36. The summed E-state index contributed by atoms with van der Waals surface area (Å²) in [4.78, 5) is 0. The van der Waals surface area contributed by atoms with E-state index >= 15 is 0 Å². The van der Waals surface area contributed by atoms with Gasteiger partial charge in [0.25, 0.3) is 0 Å². The monoisotopic (exact) mass is 253 g/mol. The maximum Gasteiger partial charge on any atom is 0.416 e. The Morgan fingerprint density at radius 1 is 1.38 bits per heavy atom. The quantitative estimate of drug-likeness (QED) is 0.870. The Kier molecular flexibility index (Phi) is 4.18. The van der Waals surface area contributed by atoms with Crippen LogP contribution in [0.15, 0.2) is 18.2 Å². The highest BCUT2D eigenvalue weighted by molar-refractivity contribution is 6.31. The Labute approximate surface area is 95.8 Å². The van der Waals surface area contributed by atoms with E-state index in [4.69, 9.17) is 22.4 Å². The number of alkyl halides is 3. The molecule has 0 spiro atoms. The maximum absolute atomic E-state index is 12.3. The SMILES string of the molecule is N[C@H](CCO)c1ccc(C(F)(F)F)cc1Cl. The van der Waals surface area contributed by atoms with Gasteiger partial charge < -0.3 is 10.8 Å². The number of benzene rings is 1. The van der Waals surface area contributed by atoms with Gasteiger partial charge in [0.15, 0.2) is 0 Å². The molecule has 0 saturated heterocycles. The molecular formula is C10H11ClF3NO. The number of hydrogen-bond donors (Lipinski definition) is 2. The second-order valence-corrected chi connectivity index (χ2v) is 3.76. The van der Waals surface area contributed by atoms with Gasteiger partial charge in [0.1, 0.15) is 0 Å². The zero-order valence-electron chi connectivity index (χ0n) is 8.26. The van der Waals surface area contributed by atoms with Gasteiger partial charge in [0.2, 0.25) is 0 Å². The fourth-order valence-electron chi connectivity index (χ4n) is 1.30. The number of hydrogen-bond acceptors (Lipinski definition) is 2. The average molecular weight is 254 g/mol. The minimum Gasteiger partial charge on any atom is -0.396 e. The van der Waals surface area contributed by atoms with E-state index in [9.17, 15) is 13.2 Å². The molecule has 3 N–H and O–H groups in total. The van der Waals surface area contributed by atoms with Crippen LogP contribution in [-0.4, -0.2) is 11.7 Å². The molecule has 0 amide bonds. The highest BCUT2D eigenvalue weighted by Crippen LogP contribution is 2.33. The van der Waals surface area contributed by atoms with E-state index < -0.39 is 17.8 Å². The van der Waals surface area contributed by atoms with Gasteiger partial charge in [-0.2, -0.15) is 13.2 Å². The molecule has 0 radical (unpaired) electrons. The van der Waals surface area contributed by atoms with Crippen LogP contribution in [0.1, 0.15) is 23.6 Å². The molecule has 16 heavy (non-hydrogen) atoms. The van der Waals surface area contributed by atoms with Gasteiger partial charge in [-0.1, -0.05) is 17.7 Å². The molecule has 90 valence electrons. The van der Waals surface area contributed by atoms with E-state index in [1.807, 2.05) is 0 Å². The van der Waals surface area contributed by atoms with Crippen molar-refractivity contribution in [3.63, 3.8) is 0 Å². The van der Waals surface area contributed by atoms with Gasteiger partial charge in [-0.05, 0) is 24.1 Å². The molecule has 6 heteroatoms. The lowest BCUT2D eigenvalue weighted by atomic mass is 10.0. The Morgan fingerprint density at radius 2 is 2.00 bits per heavy atom. The normalized spacial score (nSPS) is 13.9. The largest absolute Gasteiger partial charge is 0.416 e. The van der Waals surface area contributed by atoms with Gasteiger partial charge in [0.05, 0.1) is 5.56 Å². The van der Waals surface area contributed by atoms with Crippen molar-refractivity contribution in [1.82, 2.24) is 0 Å². The zero-order valence-corrected chi connectivity index (χ0v) is 9.02. The highest BCUT2D eigenvalue weighted by atomic mass is 35.5. The summed E-state index contributed by atoms with van der Waals surface area (Å²) in [5, 5.41) is 8.64. The van der Waals surface area contributed by atoms with Crippen molar-refractivity contribution in [1.29, 1.82) is 0 Å². The van der Waals surface area contributed by atoms with Crippen molar-refractivity contribution in [3.05, 3.63) is 34.3 Å². The third-order valence-electron chi connectivity index (χ3n) is 2.17. The lowest BCUT2D eigenvalue weighted by Gasteiger charge is -2.14. The average Bonchev–Trinajstić information content (AvgIpc) is 2.16. The standard InChI is InChI=1S/C10H11ClF3NO/c11-8-5-6(10(12,13)14)1-2-7(8)9(15)3-4-16/h1-2,5,9,16H,3-4,15H2/t9-/m1/s1. The van der Waals surface area contributed by atoms with Gasteiger partial charge in [0, 0.05) is 17.7 Å². The Balaban J connectivity index is 3.00.